The number of nitrogens with one attached hydrogen (secondary N) is 2. The zero-order valence-electron chi connectivity index (χ0n) is 10.8. The van der Waals surface area contributed by atoms with Gasteiger partial charge < -0.3 is 10.6 Å². The molecule has 0 saturated heterocycles. The van der Waals surface area contributed by atoms with Gasteiger partial charge in [0.2, 0.25) is 5.91 Å². The lowest BCUT2D eigenvalue weighted by Gasteiger charge is -2.07. The molecule has 1 amide bonds. The highest BCUT2D eigenvalue weighted by molar-refractivity contribution is 5.88. The monoisotopic (exact) mass is 245 g/mol. The maximum absolute atomic E-state index is 10.9. The van der Waals surface area contributed by atoms with Crippen LogP contribution in [-0.4, -0.2) is 18.3 Å². The number of nitrogens with zero attached hydrogens (tertiary/aromatic N) is 1. The molecule has 0 unspecified atom stereocenters. The van der Waals surface area contributed by atoms with E-state index in [1.807, 2.05) is 43.3 Å². The fourth-order valence-electron chi connectivity index (χ4n) is 1.31. The fraction of sp³-hybridized carbons (Fsp3) is 0.286. The van der Waals surface area contributed by atoms with Crippen molar-refractivity contribution in [2.45, 2.75) is 20.4 Å². The molecule has 0 aliphatic heterocycles. The predicted octanol–water partition coefficient (Wildman–Crippen LogP) is 1.84. The number of amidine groups is 1. The van der Waals surface area contributed by atoms with Crippen molar-refractivity contribution in [1.82, 2.24) is 10.6 Å². The Labute approximate surface area is 108 Å². The first-order valence-corrected chi connectivity index (χ1v) is 5.91. The third-order valence-electron chi connectivity index (χ3n) is 2.22. The number of rotatable bonds is 5. The van der Waals surface area contributed by atoms with Crippen LogP contribution in [0.1, 0.15) is 19.4 Å². The SMILES string of the molecule is C/C=C\NC(CNC(C)=O)=NCc1ccccc1. The second kappa shape index (κ2) is 8.06. The van der Waals surface area contributed by atoms with E-state index >= 15 is 0 Å². The molecule has 1 aromatic carbocycles. The van der Waals surface area contributed by atoms with Gasteiger partial charge in [-0.3, -0.25) is 9.79 Å². The van der Waals surface area contributed by atoms with Gasteiger partial charge in [-0.25, -0.2) is 0 Å². The van der Waals surface area contributed by atoms with Crippen LogP contribution in [0.4, 0.5) is 0 Å². The highest BCUT2D eigenvalue weighted by Gasteiger charge is 1.98. The van der Waals surface area contributed by atoms with Gasteiger partial charge in [-0.05, 0) is 18.7 Å². The summed E-state index contributed by atoms with van der Waals surface area (Å²) in [6.45, 7) is 4.41. The van der Waals surface area contributed by atoms with Gasteiger partial charge in [0.15, 0.2) is 0 Å². The molecular weight excluding hydrogens is 226 g/mol. The fourth-order valence-corrected chi connectivity index (χ4v) is 1.31. The Morgan fingerprint density at radius 1 is 1.33 bits per heavy atom. The van der Waals surface area contributed by atoms with Gasteiger partial charge in [-0.15, -0.1) is 0 Å². The summed E-state index contributed by atoms with van der Waals surface area (Å²) in [5, 5.41) is 5.77. The molecule has 0 aliphatic carbocycles. The maximum Gasteiger partial charge on any atom is 0.217 e. The molecule has 0 bridgehead atoms. The van der Waals surface area contributed by atoms with Crippen molar-refractivity contribution < 1.29 is 4.79 Å². The Morgan fingerprint density at radius 3 is 2.67 bits per heavy atom. The van der Waals surface area contributed by atoms with E-state index in [1.165, 1.54) is 6.92 Å². The zero-order valence-corrected chi connectivity index (χ0v) is 10.8. The van der Waals surface area contributed by atoms with E-state index in [0.29, 0.717) is 13.1 Å². The zero-order chi connectivity index (χ0) is 13.2. The van der Waals surface area contributed by atoms with Gasteiger partial charge >= 0.3 is 0 Å². The Balaban J connectivity index is 2.60. The first-order chi connectivity index (χ1) is 8.72. The number of aliphatic imine (C=N–C) groups is 1. The standard InChI is InChI=1S/C14H19N3O/c1-3-9-15-14(11-16-12(2)18)17-10-13-7-5-4-6-8-13/h3-9H,10-11H2,1-2H3,(H,15,17)(H,16,18)/b9-3-. The third-order valence-corrected chi connectivity index (χ3v) is 2.22. The van der Waals surface area contributed by atoms with E-state index in [4.69, 9.17) is 0 Å². The molecule has 2 N–H and O–H groups in total. The number of hydrogen-bond acceptors (Lipinski definition) is 2. The van der Waals surface area contributed by atoms with Gasteiger partial charge in [0, 0.05) is 6.92 Å². The molecule has 0 heterocycles. The van der Waals surface area contributed by atoms with Crippen LogP contribution >= 0.6 is 0 Å². The van der Waals surface area contributed by atoms with Crippen molar-refractivity contribution in [3.8, 4) is 0 Å². The van der Waals surface area contributed by atoms with E-state index in [9.17, 15) is 4.79 Å². The number of hydrogen-bond donors (Lipinski definition) is 2. The number of carbonyl (C=O) groups excluding carboxylic acids is 1. The Hall–Kier alpha value is -2.10. The maximum atomic E-state index is 10.9. The second-order valence-electron chi connectivity index (χ2n) is 3.80. The summed E-state index contributed by atoms with van der Waals surface area (Å²) in [6, 6.07) is 9.99. The molecule has 0 spiro atoms. The topological polar surface area (TPSA) is 53.5 Å². The Kier molecular flexibility index (Phi) is 6.25. The van der Waals surface area contributed by atoms with Crippen LogP contribution in [0.2, 0.25) is 0 Å². The molecule has 4 nitrogen and oxygen atoms in total. The second-order valence-corrected chi connectivity index (χ2v) is 3.80. The number of amides is 1. The molecule has 96 valence electrons. The lowest BCUT2D eigenvalue weighted by atomic mass is 10.2. The van der Waals surface area contributed by atoms with Gasteiger partial charge in [0.1, 0.15) is 5.84 Å². The molecule has 0 aromatic heterocycles. The normalized spacial score (nSPS) is 11.6. The number of allylic oxidation sites excluding steroid dienone is 1. The Bertz CT molecular complexity index is 424. The van der Waals surface area contributed by atoms with Crippen LogP contribution in [0.5, 0.6) is 0 Å². The summed E-state index contributed by atoms with van der Waals surface area (Å²) in [4.78, 5) is 15.3. The van der Waals surface area contributed by atoms with Crippen LogP contribution in [0.3, 0.4) is 0 Å². The summed E-state index contributed by atoms with van der Waals surface area (Å²) < 4.78 is 0. The summed E-state index contributed by atoms with van der Waals surface area (Å²) >= 11 is 0. The molecule has 1 aromatic rings. The molecule has 4 heteroatoms. The molecular formula is C14H19N3O. The van der Waals surface area contributed by atoms with Gasteiger partial charge in [0.05, 0.1) is 13.1 Å². The van der Waals surface area contributed by atoms with E-state index in [0.717, 1.165) is 11.4 Å². The van der Waals surface area contributed by atoms with E-state index in [2.05, 4.69) is 15.6 Å². The minimum atomic E-state index is -0.0651. The first-order valence-electron chi connectivity index (χ1n) is 5.91. The molecule has 1 rings (SSSR count). The predicted molar refractivity (Wildman–Crippen MR) is 74.2 cm³/mol. The molecule has 18 heavy (non-hydrogen) atoms. The molecule has 0 fully saturated rings. The highest BCUT2D eigenvalue weighted by Crippen LogP contribution is 1.99. The summed E-state index contributed by atoms with van der Waals surface area (Å²) in [5.74, 6) is 0.678. The summed E-state index contributed by atoms with van der Waals surface area (Å²) in [5.41, 5.74) is 1.14. The molecule has 0 aliphatic rings. The largest absolute Gasteiger partial charge is 0.349 e. The molecule has 0 saturated carbocycles. The van der Waals surface area contributed by atoms with Gasteiger partial charge in [-0.1, -0.05) is 36.4 Å². The lowest BCUT2D eigenvalue weighted by molar-refractivity contribution is -0.118. The summed E-state index contributed by atoms with van der Waals surface area (Å²) in [7, 11) is 0. The molecule has 0 atom stereocenters. The van der Waals surface area contributed by atoms with Crippen LogP contribution in [0, 0.1) is 0 Å². The average molecular weight is 245 g/mol. The lowest BCUT2D eigenvalue weighted by Crippen LogP contribution is -2.33. The van der Waals surface area contributed by atoms with Crippen LogP contribution in [0.25, 0.3) is 0 Å². The van der Waals surface area contributed by atoms with Crippen molar-refractivity contribution in [2.75, 3.05) is 6.54 Å². The van der Waals surface area contributed by atoms with E-state index < -0.39 is 0 Å². The minimum Gasteiger partial charge on any atom is -0.349 e. The minimum absolute atomic E-state index is 0.0651. The van der Waals surface area contributed by atoms with Gasteiger partial charge in [0.25, 0.3) is 0 Å². The number of carbonyl (C=O) groups is 1. The van der Waals surface area contributed by atoms with Crippen molar-refractivity contribution in [2.24, 2.45) is 4.99 Å². The van der Waals surface area contributed by atoms with Crippen molar-refractivity contribution in [3.63, 3.8) is 0 Å². The van der Waals surface area contributed by atoms with E-state index in [1.54, 1.807) is 6.20 Å². The van der Waals surface area contributed by atoms with Gasteiger partial charge in [-0.2, -0.15) is 0 Å². The van der Waals surface area contributed by atoms with Crippen molar-refractivity contribution >= 4 is 11.7 Å². The van der Waals surface area contributed by atoms with Crippen molar-refractivity contribution in [3.05, 3.63) is 48.2 Å². The van der Waals surface area contributed by atoms with E-state index in [-0.39, 0.29) is 5.91 Å². The molecule has 0 radical (unpaired) electrons. The Morgan fingerprint density at radius 2 is 2.06 bits per heavy atom. The third kappa shape index (κ3) is 5.84. The first kappa shape index (κ1) is 14.0. The van der Waals surface area contributed by atoms with Crippen LogP contribution < -0.4 is 10.6 Å². The van der Waals surface area contributed by atoms with Crippen molar-refractivity contribution in [1.29, 1.82) is 0 Å². The summed E-state index contributed by atoms with van der Waals surface area (Å²) in [6.07, 6.45) is 3.68. The average Bonchev–Trinajstić information content (AvgIpc) is 2.39. The number of benzene rings is 1. The van der Waals surface area contributed by atoms with Crippen LogP contribution in [-0.2, 0) is 11.3 Å². The highest BCUT2D eigenvalue weighted by atomic mass is 16.1. The quantitative estimate of drug-likeness (QED) is 0.614. The van der Waals surface area contributed by atoms with Crippen LogP contribution in [0.15, 0.2) is 47.6 Å². The smallest absolute Gasteiger partial charge is 0.217 e.